The first-order chi connectivity index (χ1) is 12.2. The van der Waals surface area contributed by atoms with Crippen molar-refractivity contribution >= 4 is 30.2 Å². The monoisotopic (exact) mass is 378 g/mol. The molecule has 0 aromatic carbocycles. The van der Waals surface area contributed by atoms with Crippen LogP contribution in [0.3, 0.4) is 0 Å². The number of ether oxygens (including phenoxy) is 5. The van der Waals surface area contributed by atoms with Crippen LogP contribution in [0.2, 0.25) is 0 Å². The van der Waals surface area contributed by atoms with E-state index in [4.69, 9.17) is 0 Å². The van der Waals surface area contributed by atoms with E-state index in [1.165, 1.54) is 0 Å². The van der Waals surface area contributed by atoms with Crippen LogP contribution in [0.25, 0.3) is 0 Å². The third-order valence-electron chi connectivity index (χ3n) is 3.37. The molecule has 0 aliphatic carbocycles. The molecule has 0 aromatic rings. The number of unbranched alkanes of at least 4 members (excludes halogenated alkanes) is 1. The summed E-state index contributed by atoms with van der Waals surface area (Å²) in [6.07, 6.45) is -3.06. The Morgan fingerprint density at radius 2 is 1.46 bits per heavy atom. The number of rotatable bonds is 8. The highest BCUT2D eigenvalue weighted by Gasteiger charge is 2.52. The molecule has 0 aliphatic heterocycles. The maximum Gasteiger partial charge on any atom is 0.515 e. The molecule has 0 radical (unpaired) electrons. The van der Waals surface area contributed by atoms with Crippen molar-refractivity contribution in [2.45, 2.75) is 38.2 Å². The minimum Gasteiger partial charge on any atom is -0.467 e. The highest BCUT2D eigenvalue weighted by atomic mass is 16.7. The Labute approximate surface area is 149 Å². The van der Waals surface area contributed by atoms with Crippen LogP contribution < -0.4 is 0 Å². The summed E-state index contributed by atoms with van der Waals surface area (Å²) in [6, 6.07) is 0. The Bertz CT molecular complexity index is 542. The molecule has 0 amide bonds. The van der Waals surface area contributed by atoms with E-state index in [1.807, 2.05) is 0 Å². The van der Waals surface area contributed by atoms with E-state index >= 15 is 0 Å². The lowest BCUT2D eigenvalue weighted by molar-refractivity contribution is -0.182. The molecule has 2 unspecified atom stereocenters. The zero-order chi connectivity index (χ0) is 20.3. The van der Waals surface area contributed by atoms with Gasteiger partial charge in [-0.3, -0.25) is 9.59 Å². The third-order valence-corrected chi connectivity index (χ3v) is 3.37. The predicted molar refractivity (Wildman–Crippen MR) is 81.6 cm³/mol. The summed E-state index contributed by atoms with van der Waals surface area (Å²) in [4.78, 5) is 58.2. The van der Waals surface area contributed by atoms with Gasteiger partial charge < -0.3 is 28.8 Å². The summed E-state index contributed by atoms with van der Waals surface area (Å²) in [6.45, 7) is 1.77. The van der Waals surface area contributed by atoms with Gasteiger partial charge in [0.15, 0.2) is 5.60 Å². The fourth-order valence-corrected chi connectivity index (χ4v) is 2.06. The number of methoxy groups -OCH3 is 3. The molecule has 0 saturated heterocycles. The summed E-state index contributed by atoms with van der Waals surface area (Å²) in [5, 5.41) is 10.7. The molecule has 0 rings (SSSR count). The SMILES string of the molecule is CCCCC(C(=O)OC(=O)OC)C(O)(CC(=O)OC(=O)OC)C(=O)OC. The minimum absolute atomic E-state index is 0.122. The van der Waals surface area contributed by atoms with Crippen LogP contribution in [-0.2, 0) is 38.1 Å². The number of carbonyl (C=O) groups excluding carboxylic acids is 5. The lowest BCUT2D eigenvalue weighted by Gasteiger charge is -2.30. The molecule has 11 nitrogen and oxygen atoms in total. The number of esters is 3. The highest BCUT2D eigenvalue weighted by molar-refractivity contribution is 5.94. The van der Waals surface area contributed by atoms with Crippen molar-refractivity contribution in [3.8, 4) is 0 Å². The van der Waals surface area contributed by atoms with Crippen molar-refractivity contribution in [1.29, 1.82) is 0 Å². The van der Waals surface area contributed by atoms with Crippen LogP contribution in [0, 0.1) is 5.92 Å². The van der Waals surface area contributed by atoms with Gasteiger partial charge in [0, 0.05) is 0 Å². The largest absolute Gasteiger partial charge is 0.515 e. The van der Waals surface area contributed by atoms with Gasteiger partial charge in [-0.15, -0.1) is 0 Å². The van der Waals surface area contributed by atoms with E-state index < -0.39 is 48.2 Å². The minimum atomic E-state index is -2.74. The van der Waals surface area contributed by atoms with Gasteiger partial charge in [-0.25, -0.2) is 14.4 Å². The second kappa shape index (κ2) is 11.0. The van der Waals surface area contributed by atoms with E-state index in [1.54, 1.807) is 6.92 Å². The molecule has 0 heterocycles. The van der Waals surface area contributed by atoms with Gasteiger partial charge in [-0.2, -0.15) is 0 Å². The standard InChI is InChI=1S/C15H22O11/c1-5-6-7-9(11(17)26-14(20)24-4)15(21,12(18)22-2)8-10(16)25-13(19)23-3/h9,21H,5-8H2,1-4H3. The van der Waals surface area contributed by atoms with Crippen molar-refractivity contribution in [2.24, 2.45) is 5.92 Å². The average molecular weight is 378 g/mol. The summed E-state index contributed by atoms with van der Waals surface area (Å²) in [5.74, 6) is -5.65. The Kier molecular flexibility index (Phi) is 9.89. The van der Waals surface area contributed by atoms with Crippen LogP contribution in [0.1, 0.15) is 32.6 Å². The first kappa shape index (κ1) is 23.3. The molecule has 1 N–H and O–H groups in total. The molecule has 0 fully saturated rings. The van der Waals surface area contributed by atoms with Crippen molar-refractivity contribution < 1.29 is 52.8 Å². The summed E-state index contributed by atoms with van der Waals surface area (Å²) in [7, 11) is 2.82. The predicted octanol–water partition coefficient (Wildman–Crippen LogP) is 0.706. The smallest absolute Gasteiger partial charge is 0.467 e. The molecule has 26 heavy (non-hydrogen) atoms. The van der Waals surface area contributed by atoms with Crippen molar-refractivity contribution in [2.75, 3.05) is 21.3 Å². The van der Waals surface area contributed by atoms with Crippen molar-refractivity contribution in [3.63, 3.8) is 0 Å². The van der Waals surface area contributed by atoms with Crippen molar-refractivity contribution in [1.82, 2.24) is 0 Å². The van der Waals surface area contributed by atoms with Gasteiger partial charge >= 0.3 is 30.2 Å². The molecule has 0 bridgehead atoms. The molecule has 2 atom stereocenters. The molecular weight excluding hydrogens is 356 g/mol. The maximum atomic E-state index is 12.2. The highest BCUT2D eigenvalue weighted by Crippen LogP contribution is 2.30. The van der Waals surface area contributed by atoms with Gasteiger partial charge in [0.25, 0.3) is 0 Å². The molecule has 0 spiro atoms. The van der Waals surface area contributed by atoms with E-state index in [-0.39, 0.29) is 6.42 Å². The van der Waals surface area contributed by atoms with Crippen LogP contribution in [0.4, 0.5) is 9.59 Å². The van der Waals surface area contributed by atoms with E-state index in [0.29, 0.717) is 12.8 Å². The van der Waals surface area contributed by atoms with Gasteiger partial charge in [0.2, 0.25) is 0 Å². The lowest BCUT2D eigenvalue weighted by Crippen LogP contribution is -2.52. The fourth-order valence-electron chi connectivity index (χ4n) is 2.06. The molecule has 11 heteroatoms. The Morgan fingerprint density at radius 3 is 1.92 bits per heavy atom. The topological polar surface area (TPSA) is 152 Å². The molecule has 148 valence electrons. The Hall–Kier alpha value is -2.69. The van der Waals surface area contributed by atoms with Gasteiger partial charge in [-0.1, -0.05) is 19.8 Å². The molecule has 0 aromatic heterocycles. The maximum absolute atomic E-state index is 12.2. The first-order valence-electron chi connectivity index (χ1n) is 7.55. The van der Waals surface area contributed by atoms with E-state index in [0.717, 1.165) is 21.3 Å². The van der Waals surface area contributed by atoms with Crippen molar-refractivity contribution in [3.05, 3.63) is 0 Å². The molecular formula is C15H22O11. The lowest BCUT2D eigenvalue weighted by atomic mass is 9.81. The van der Waals surface area contributed by atoms with Gasteiger partial charge in [0.1, 0.15) is 0 Å². The summed E-state index contributed by atoms with van der Waals surface area (Å²) >= 11 is 0. The second-order valence-electron chi connectivity index (χ2n) is 5.09. The Balaban J connectivity index is 5.69. The second-order valence-corrected chi connectivity index (χ2v) is 5.09. The zero-order valence-corrected chi connectivity index (χ0v) is 14.9. The van der Waals surface area contributed by atoms with Gasteiger partial charge in [-0.05, 0) is 6.42 Å². The zero-order valence-electron chi connectivity index (χ0n) is 14.9. The van der Waals surface area contributed by atoms with Crippen LogP contribution in [0.15, 0.2) is 0 Å². The molecule has 0 aliphatic rings. The van der Waals surface area contributed by atoms with Crippen LogP contribution >= 0.6 is 0 Å². The average Bonchev–Trinajstić information content (AvgIpc) is 2.60. The van der Waals surface area contributed by atoms with Crippen LogP contribution in [-0.4, -0.2) is 62.3 Å². The van der Waals surface area contributed by atoms with Crippen LogP contribution in [0.5, 0.6) is 0 Å². The molecule has 0 saturated carbocycles. The van der Waals surface area contributed by atoms with Gasteiger partial charge in [0.05, 0.1) is 33.7 Å². The number of hydrogen-bond donors (Lipinski definition) is 1. The fraction of sp³-hybridized carbons (Fsp3) is 0.667. The Morgan fingerprint density at radius 1 is 0.923 bits per heavy atom. The van der Waals surface area contributed by atoms with E-state index in [2.05, 4.69) is 23.7 Å². The number of hydrogen-bond acceptors (Lipinski definition) is 11. The first-order valence-corrected chi connectivity index (χ1v) is 7.55. The normalized spacial score (nSPS) is 13.6. The third kappa shape index (κ3) is 6.67. The quantitative estimate of drug-likeness (QED) is 0.361. The number of carbonyl (C=O) groups is 5. The summed E-state index contributed by atoms with van der Waals surface area (Å²) < 4.78 is 21.4. The number of aliphatic hydroxyl groups is 1. The summed E-state index contributed by atoms with van der Waals surface area (Å²) in [5.41, 5.74) is -2.74. The van der Waals surface area contributed by atoms with E-state index in [9.17, 15) is 29.1 Å².